The van der Waals surface area contributed by atoms with Gasteiger partial charge >= 0.3 is 0 Å². The highest BCUT2D eigenvalue weighted by Gasteiger charge is 2.26. The predicted octanol–water partition coefficient (Wildman–Crippen LogP) is 3.25. The van der Waals surface area contributed by atoms with Crippen molar-refractivity contribution in [2.24, 2.45) is 12.8 Å². The molecule has 5 rings (SSSR count). The highest BCUT2D eigenvalue weighted by Crippen LogP contribution is 2.39. The van der Waals surface area contributed by atoms with Gasteiger partial charge in [-0.25, -0.2) is 4.98 Å². The van der Waals surface area contributed by atoms with Crippen LogP contribution in [0.4, 0.5) is 5.00 Å². The van der Waals surface area contributed by atoms with Gasteiger partial charge in [-0.2, -0.15) is 0 Å². The van der Waals surface area contributed by atoms with Gasteiger partial charge in [-0.05, 0) is 56.1 Å². The van der Waals surface area contributed by atoms with Crippen LogP contribution >= 0.6 is 34.4 Å². The fraction of sp³-hybridized carbons (Fsp3) is 0.429. The third-order valence-electron chi connectivity index (χ3n) is 5.91. The molecule has 0 fully saturated rings. The Morgan fingerprint density at radius 1 is 1.10 bits per heavy atom. The maximum absolute atomic E-state index is 13.0. The summed E-state index contributed by atoms with van der Waals surface area (Å²) in [4.78, 5) is 45.4. The summed E-state index contributed by atoms with van der Waals surface area (Å²) in [6.07, 6.45) is 6.97. The summed E-state index contributed by atoms with van der Waals surface area (Å²) in [5.41, 5.74) is 8.12. The molecule has 2 aliphatic carbocycles. The molecule has 3 aromatic rings. The summed E-state index contributed by atoms with van der Waals surface area (Å²) >= 11 is 4.27. The third kappa shape index (κ3) is 3.60. The van der Waals surface area contributed by atoms with Crippen molar-refractivity contribution in [1.29, 1.82) is 0 Å². The third-order valence-corrected chi connectivity index (χ3v) is 9.33. The number of aryl methyl sites for hydroxylation is 3. The van der Waals surface area contributed by atoms with Gasteiger partial charge in [-0.15, -0.1) is 22.7 Å². The van der Waals surface area contributed by atoms with E-state index in [2.05, 4.69) is 5.32 Å². The van der Waals surface area contributed by atoms with Crippen LogP contribution in [0.25, 0.3) is 10.2 Å². The molecule has 3 N–H and O–H groups in total. The number of rotatable bonds is 5. The van der Waals surface area contributed by atoms with Gasteiger partial charge in [0.2, 0.25) is 5.91 Å². The van der Waals surface area contributed by atoms with Crippen molar-refractivity contribution in [3.8, 4) is 0 Å². The number of fused-ring (bicyclic) bond motifs is 4. The second-order valence-corrected chi connectivity index (χ2v) is 11.0. The Morgan fingerprint density at radius 2 is 1.81 bits per heavy atom. The molecule has 2 amide bonds. The fourth-order valence-corrected chi connectivity index (χ4v) is 7.83. The van der Waals surface area contributed by atoms with E-state index < -0.39 is 5.91 Å². The van der Waals surface area contributed by atoms with E-state index in [1.165, 1.54) is 38.1 Å². The first-order valence-electron chi connectivity index (χ1n) is 10.3. The monoisotopic (exact) mass is 474 g/mol. The Bertz CT molecular complexity index is 1290. The molecule has 10 heteroatoms. The number of hydrogen-bond acceptors (Lipinski definition) is 7. The van der Waals surface area contributed by atoms with Gasteiger partial charge in [0.05, 0.1) is 16.7 Å². The Hall–Kier alpha value is -2.17. The van der Waals surface area contributed by atoms with Gasteiger partial charge in [-0.3, -0.25) is 19.0 Å². The fourth-order valence-electron chi connectivity index (χ4n) is 4.44. The van der Waals surface area contributed by atoms with E-state index in [4.69, 9.17) is 10.7 Å². The molecule has 0 saturated heterocycles. The van der Waals surface area contributed by atoms with Crippen LogP contribution < -0.4 is 16.6 Å². The normalized spacial score (nSPS) is 15.1. The first kappa shape index (κ1) is 20.7. The van der Waals surface area contributed by atoms with Crippen LogP contribution in [0.1, 0.15) is 50.5 Å². The van der Waals surface area contributed by atoms with Crippen molar-refractivity contribution >= 4 is 61.5 Å². The van der Waals surface area contributed by atoms with Crippen LogP contribution in [-0.2, 0) is 37.5 Å². The lowest BCUT2D eigenvalue weighted by Gasteiger charge is -2.11. The van der Waals surface area contributed by atoms with Crippen molar-refractivity contribution in [2.45, 2.75) is 50.1 Å². The van der Waals surface area contributed by atoms with Crippen molar-refractivity contribution in [2.75, 3.05) is 11.1 Å². The minimum atomic E-state index is -0.501. The molecule has 2 aliphatic rings. The molecule has 7 nitrogen and oxygen atoms in total. The zero-order chi connectivity index (χ0) is 21.7. The van der Waals surface area contributed by atoms with Gasteiger partial charge in [0, 0.05) is 16.8 Å². The maximum atomic E-state index is 13.0. The lowest BCUT2D eigenvalue weighted by Crippen LogP contribution is -2.22. The van der Waals surface area contributed by atoms with Crippen LogP contribution in [0.5, 0.6) is 0 Å². The molecule has 0 atom stereocenters. The molecule has 3 aromatic heterocycles. The number of carbonyl (C=O) groups excluding carboxylic acids is 2. The molecule has 0 radical (unpaired) electrons. The van der Waals surface area contributed by atoms with Gasteiger partial charge < -0.3 is 11.1 Å². The second-order valence-electron chi connectivity index (χ2n) is 7.91. The number of thiophene rings is 2. The van der Waals surface area contributed by atoms with Crippen LogP contribution in [-0.4, -0.2) is 27.1 Å². The molecule has 0 saturated carbocycles. The van der Waals surface area contributed by atoms with Crippen molar-refractivity contribution in [1.82, 2.24) is 9.55 Å². The van der Waals surface area contributed by atoms with E-state index in [1.54, 1.807) is 18.4 Å². The average molecular weight is 475 g/mol. The van der Waals surface area contributed by atoms with E-state index in [9.17, 15) is 14.4 Å². The predicted molar refractivity (Wildman–Crippen MR) is 126 cm³/mol. The van der Waals surface area contributed by atoms with E-state index in [0.717, 1.165) is 65.6 Å². The summed E-state index contributed by atoms with van der Waals surface area (Å²) in [5, 5.41) is 4.65. The van der Waals surface area contributed by atoms with Crippen molar-refractivity contribution in [3.05, 3.63) is 36.8 Å². The molecular formula is C21H22N4O3S3. The molecule has 0 unspecified atom stereocenters. The number of thioether (sulfide) groups is 1. The summed E-state index contributed by atoms with van der Waals surface area (Å²) < 4.78 is 1.54. The van der Waals surface area contributed by atoms with Gasteiger partial charge in [0.25, 0.3) is 11.5 Å². The topological polar surface area (TPSA) is 107 Å². The number of primary amides is 1. The highest BCUT2D eigenvalue weighted by atomic mass is 32.2. The summed E-state index contributed by atoms with van der Waals surface area (Å²) in [5.74, 6) is -0.650. The minimum Gasteiger partial charge on any atom is -0.365 e. The lowest BCUT2D eigenvalue weighted by atomic mass is 9.97. The number of carbonyl (C=O) groups is 2. The minimum absolute atomic E-state index is 0.0435. The largest absolute Gasteiger partial charge is 0.365 e. The summed E-state index contributed by atoms with van der Waals surface area (Å²) in [6.45, 7) is 0. The quantitative estimate of drug-likeness (QED) is 0.436. The van der Waals surface area contributed by atoms with Crippen molar-refractivity contribution in [3.63, 3.8) is 0 Å². The number of hydrogen-bond donors (Lipinski definition) is 2. The lowest BCUT2D eigenvalue weighted by molar-refractivity contribution is -0.113. The Labute approximate surface area is 191 Å². The van der Waals surface area contributed by atoms with Crippen LogP contribution in [0, 0.1) is 0 Å². The Morgan fingerprint density at radius 3 is 2.61 bits per heavy atom. The molecule has 0 spiro atoms. The maximum Gasteiger partial charge on any atom is 0.262 e. The van der Waals surface area contributed by atoms with Crippen LogP contribution in [0.15, 0.2) is 9.95 Å². The molecule has 0 bridgehead atoms. The van der Waals surface area contributed by atoms with E-state index in [1.807, 2.05) is 0 Å². The Kier molecular flexibility index (Phi) is 5.39. The molecule has 3 heterocycles. The second kappa shape index (κ2) is 8.07. The Balaban J connectivity index is 1.36. The number of nitrogens with two attached hydrogens (primary N) is 1. The average Bonchev–Trinajstić information content (AvgIpc) is 3.41. The molecule has 162 valence electrons. The summed E-state index contributed by atoms with van der Waals surface area (Å²) in [6, 6.07) is 0. The van der Waals surface area contributed by atoms with E-state index >= 15 is 0 Å². The molecule has 31 heavy (non-hydrogen) atoms. The van der Waals surface area contributed by atoms with Crippen LogP contribution in [0.3, 0.4) is 0 Å². The standard InChI is InChI=1S/C21H22N4O3S3/c1-25-20(28)16-11-5-2-3-7-12(11)31-19(16)24-21(25)29-9-14(26)23-18-15(17(22)27)10-6-4-8-13(10)30-18/h2-9H2,1H3,(H2,22,27)(H,23,26). The molecule has 0 aromatic carbocycles. The van der Waals surface area contributed by atoms with E-state index in [-0.39, 0.29) is 17.2 Å². The molecular weight excluding hydrogens is 452 g/mol. The molecule has 0 aliphatic heterocycles. The van der Waals surface area contributed by atoms with Crippen molar-refractivity contribution < 1.29 is 9.59 Å². The smallest absolute Gasteiger partial charge is 0.262 e. The van der Waals surface area contributed by atoms with Gasteiger partial charge in [0.1, 0.15) is 9.83 Å². The van der Waals surface area contributed by atoms with E-state index in [0.29, 0.717) is 15.7 Å². The number of nitrogens with one attached hydrogen (secondary N) is 1. The number of amides is 2. The van der Waals surface area contributed by atoms with Crippen LogP contribution in [0.2, 0.25) is 0 Å². The first-order valence-corrected chi connectivity index (χ1v) is 12.9. The zero-order valence-corrected chi connectivity index (χ0v) is 19.5. The number of anilines is 1. The summed E-state index contributed by atoms with van der Waals surface area (Å²) in [7, 11) is 1.71. The van der Waals surface area contributed by atoms with Gasteiger partial charge in [-0.1, -0.05) is 11.8 Å². The first-order chi connectivity index (χ1) is 14.9. The van der Waals surface area contributed by atoms with Gasteiger partial charge in [0.15, 0.2) is 5.16 Å². The number of nitrogens with zero attached hydrogens (tertiary/aromatic N) is 2. The number of aromatic nitrogens is 2. The highest BCUT2D eigenvalue weighted by molar-refractivity contribution is 7.99. The SMILES string of the molecule is Cn1c(SCC(=O)Nc2sc3c(c2C(N)=O)CCC3)nc2sc3c(c2c1=O)CCCC3. The zero-order valence-electron chi connectivity index (χ0n) is 17.1.